The second kappa shape index (κ2) is 37.9. The van der Waals surface area contributed by atoms with Crippen LogP contribution in [0.5, 0.6) is 0 Å². The molecule has 0 spiro atoms. The van der Waals surface area contributed by atoms with Gasteiger partial charge in [-0.1, -0.05) is 99.5 Å². The van der Waals surface area contributed by atoms with Gasteiger partial charge in [0, 0.05) is 19.6 Å². The molecule has 0 aliphatic rings. The number of carbonyl (C=O) groups is 4. The predicted octanol–water partition coefficient (Wildman–Crippen LogP) is 7.69. The van der Waals surface area contributed by atoms with Crippen LogP contribution in [0.25, 0.3) is 41.8 Å². The average molecular weight is 869 g/mol. The summed E-state index contributed by atoms with van der Waals surface area (Å²) in [5.41, 5.74) is 34.4. The molecular formula is C37H64N12O12. The van der Waals surface area contributed by atoms with E-state index in [9.17, 15) is 19.2 Å². The second-order valence-electron chi connectivity index (χ2n) is 13.8. The SMILES string of the molecule is CCCCC(N=[N+]=[N-])C(=O)OCCOCC(COCCOC(=O)C(CCCC)N=[N+]=[N-])(COCCOC(=O)C(CCCC)N=[N+]=[N-])COCCOC(=O)C(CCCC)N=[N+]=[N-]. The van der Waals surface area contributed by atoms with Gasteiger partial charge in [-0.2, -0.15) is 0 Å². The van der Waals surface area contributed by atoms with Crippen molar-refractivity contribution in [1.82, 2.24) is 0 Å². The number of nitrogens with zero attached hydrogens (tertiary/aromatic N) is 12. The van der Waals surface area contributed by atoms with E-state index in [1.54, 1.807) is 0 Å². The molecule has 0 amide bonds. The Morgan fingerprint density at radius 3 is 0.803 bits per heavy atom. The summed E-state index contributed by atoms with van der Waals surface area (Å²) in [7, 11) is 0. The molecule has 0 saturated carbocycles. The first-order chi connectivity index (χ1) is 29.6. The lowest BCUT2D eigenvalue weighted by molar-refractivity contribution is -0.153. The minimum absolute atomic E-state index is 0.0905. The normalized spacial score (nSPS) is 13.6. The molecule has 0 N–H and O–H groups in total. The molecule has 344 valence electrons. The Labute approximate surface area is 356 Å². The molecule has 24 nitrogen and oxygen atoms in total. The zero-order chi connectivity index (χ0) is 45.4. The summed E-state index contributed by atoms with van der Waals surface area (Å²) in [5, 5.41) is 14.1. The molecule has 0 aromatic rings. The Morgan fingerprint density at radius 1 is 0.410 bits per heavy atom. The Morgan fingerprint density at radius 2 is 0.623 bits per heavy atom. The zero-order valence-corrected chi connectivity index (χ0v) is 36.0. The number of azide groups is 4. The molecule has 0 aliphatic heterocycles. The lowest BCUT2D eigenvalue weighted by atomic mass is 9.92. The standard InChI is InChI=1S/C37H64N12O12/c1-5-9-13-29(42-46-38)33(50)58-21-17-54-25-37(26-55-18-22-59-34(51)30(43-47-39)14-10-6-2,27-56-19-23-60-35(52)31(44-48-40)15-11-7-3)28-57-20-24-61-36(53)32(45-49-41)16-12-8-4/h29-32H,5-28H2,1-4H3. The highest BCUT2D eigenvalue weighted by atomic mass is 16.6. The number of carbonyl (C=O) groups excluding carboxylic acids is 4. The van der Waals surface area contributed by atoms with Crippen molar-refractivity contribution in [2.24, 2.45) is 25.9 Å². The second-order valence-corrected chi connectivity index (χ2v) is 13.8. The summed E-state index contributed by atoms with van der Waals surface area (Å²) < 4.78 is 44.9. The predicted molar refractivity (Wildman–Crippen MR) is 219 cm³/mol. The van der Waals surface area contributed by atoms with E-state index in [1.165, 1.54) is 0 Å². The summed E-state index contributed by atoms with van der Waals surface area (Å²) in [6.45, 7) is 6.22. The number of hydrogen-bond acceptors (Lipinski definition) is 16. The van der Waals surface area contributed by atoms with Crippen LogP contribution in [-0.2, 0) is 57.1 Å². The lowest BCUT2D eigenvalue weighted by Crippen LogP contribution is -2.43. The summed E-state index contributed by atoms with van der Waals surface area (Å²) in [5.74, 6) is -2.77. The first-order valence-electron chi connectivity index (χ1n) is 20.8. The fraction of sp³-hybridized carbons (Fsp3) is 0.892. The monoisotopic (exact) mass is 868 g/mol. The van der Waals surface area contributed by atoms with Crippen molar-refractivity contribution in [1.29, 1.82) is 0 Å². The maximum Gasteiger partial charge on any atom is 0.314 e. The number of hydrogen-bond donors (Lipinski definition) is 0. The molecule has 0 rings (SSSR count). The van der Waals surface area contributed by atoms with Gasteiger partial charge in [-0.15, -0.1) is 0 Å². The van der Waals surface area contributed by atoms with Gasteiger partial charge in [-0.05, 0) is 47.8 Å². The van der Waals surface area contributed by atoms with Crippen LogP contribution < -0.4 is 0 Å². The van der Waals surface area contributed by atoms with Crippen LogP contribution in [0, 0.1) is 5.41 Å². The van der Waals surface area contributed by atoms with Crippen LogP contribution in [0.2, 0.25) is 0 Å². The van der Waals surface area contributed by atoms with Crippen molar-refractivity contribution in [2.45, 2.75) is 129 Å². The molecule has 0 aliphatic carbocycles. The summed E-state index contributed by atoms with van der Waals surface area (Å²) >= 11 is 0. The van der Waals surface area contributed by atoms with Gasteiger partial charge in [0.2, 0.25) is 0 Å². The highest BCUT2D eigenvalue weighted by Crippen LogP contribution is 2.22. The quantitative estimate of drug-likeness (QED) is 0.0143. The number of ether oxygens (including phenoxy) is 8. The van der Waals surface area contributed by atoms with Crippen LogP contribution in [0.4, 0.5) is 0 Å². The molecule has 0 aromatic carbocycles. The molecule has 61 heavy (non-hydrogen) atoms. The lowest BCUT2D eigenvalue weighted by Gasteiger charge is -2.33. The van der Waals surface area contributed by atoms with E-state index >= 15 is 0 Å². The molecular weight excluding hydrogens is 804 g/mol. The van der Waals surface area contributed by atoms with Gasteiger partial charge in [-0.25, -0.2) is 0 Å². The molecule has 4 atom stereocenters. The van der Waals surface area contributed by atoms with Crippen molar-refractivity contribution in [3.8, 4) is 0 Å². The van der Waals surface area contributed by atoms with E-state index in [0.29, 0.717) is 51.4 Å². The maximum absolute atomic E-state index is 12.6. The molecule has 24 heteroatoms. The molecule has 0 bridgehead atoms. The molecule has 0 radical (unpaired) electrons. The summed E-state index contributed by atoms with van der Waals surface area (Å²) in [4.78, 5) is 61.2. The van der Waals surface area contributed by atoms with E-state index in [0.717, 1.165) is 25.7 Å². The van der Waals surface area contributed by atoms with Gasteiger partial charge in [0.1, 0.15) is 50.6 Å². The van der Waals surface area contributed by atoms with E-state index in [-0.39, 0.29) is 79.3 Å². The van der Waals surface area contributed by atoms with Crippen molar-refractivity contribution >= 4 is 23.9 Å². The fourth-order valence-electron chi connectivity index (χ4n) is 5.32. The van der Waals surface area contributed by atoms with Crippen LogP contribution in [-0.4, -0.2) is 127 Å². The third kappa shape index (κ3) is 27.4. The fourth-order valence-corrected chi connectivity index (χ4v) is 5.32. The van der Waals surface area contributed by atoms with Gasteiger partial charge in [0.05, 0.1) is 58.3 Å². The third-order valence-electron chi connectivity index (χ3n) is 8.70. The van der Waals surface area contributed by atoms with Gasteiger partial charge in [0.15, 0.2) is 0 Å². The van der Waals surface area contributed by atoms with Crippen LogP contribution >= 0.6 is 0 Å². The van der Waals surface area contributed by atoms with Crippen molar-refractivity contribution in [3.05, 3.63) is 41.8 Å². The summed E-state index contributed by atoms with van der Waals surface area (Å²) in [6.07, 6.45) is 7.09. The first-order valence-corrected chi connectivity index (χ1v) is 20.8. The number of rotatable bonds is 40. The highest BCUT2D eigenvalue weighted by molar-refractivity contribution is 5.77. The Balaban J connectivity index is 6.00. The zero-order valence-electron chi connectivity index (χ0n) is 36.0. The topological polar surface area (TPSA) is 337 Å². The molecule has 4 unspecified atom stereocenters. The Hall–Kier alpha value is -5.04. The molecule has 0 aromatic heterocycles. The Kier molecular flexibility index (Phi) is 34.8. The molecule has 0 saturated heterocycles. The van der Waals surface area contributed by atoms with E-state index in [2.05, 4.69) is 40.1 Å². The Bertz CT molecular complexity index is 1240. The highest BCUT2D eigenvalue weighted by Gasteiger charge is 2.33. The van der Waals surface area contributed by atoms with Crippen molar-refractivity contribution in [2.75, 3.05) is 79.3 Å². The average Bonchev–Trinajstić information content (AvgIpc) is 3.25. The van der Waals surface area contributed by atoms with E-state index < -0.39 is 53.5 Å². The van der Waals surface area contributed by atoms with Crippen molar-refractivity contribution in [3.63, 3.8) is 0 Å². The third-order valence-corrected chi connectivity index (χ3v) is 8.70. The van der Waals surface area contributed by atoms with Gasteiger partial charge in [-0.3, -0.25) is 19.2 Å². The smallest absolute Gasteiger partial charge is 0.314 e. The first kappa shape index (κ1) is 56.0. The molecule has 0 fully saturated rings. The van der Waals surface area contributed by atoms with Crippen LogP contribution in [0.1, 0.15) is 105 Å². The van der Waals surface area contributed by atoms with Gasteiger partial charge < -0.3 is 37.9 Å². The number of unbranched alkanes of at least 4 members (excludes halogenated alkanes) is 4. The largest absolute Gasteiger partial charge is 0.463 e. The molecule has 0 heterocycles. The van der Waals surface area contributed by atoms with Gasteiger partial charge >= 0.3 is 23.9 Å². The van der Waals surface area contributed by atoms with E-state index in [4.69, 9.17) is 60.0 Å². The van der Waals surface area contributed by atoms with Gasteiger partial charge in [0.25, 0.3) is 0 Å². The number of esters is 4. The van der Waals surface area contributed by atoms with E-state index in [1.807, 2.05) is 27.7 Å². The van der Waals surface area contributed by atoms with Crippen molar-refractivity contribution < 1.29 is 57.1 Å². The van der Waals surface area contributed by atoms with Crippen LogP contribution in [0.3, 0.4) is 0 Å². The minimum Gasteiger partial charge on any atom is -0.463 e. The minimum atomic E-state index is -1.12. The van der Waals surface area contributed by atoms with Crippen LogP contribution in [0.15, 0.2) is 20.5 Å². The maximum atomic E-state index is 12.6. The summed E-state index contributed by atoms with van der Waals surface area (Å²) in [6, 6.07) is -3.92.